The minimum Gasteiger partial charge on any atom is -0.454 e. The second-order valence-corrected chi connectivity index (χ2v) is 3.96. The molecule has 1 aromatic heterocycles. The first-order chi connectivity index (χ1) is 8.31. The Morgan fingerprint density at radius 3 is 2.71 bits per heavy atom. The molecule has 0 saturated carbocycles. The molecule has 2 aromatic rings. The van der Waals surface area contributed by atoms with E-state index in [0.717, 1.165) is 23.5 Å². The molecule has 17 heavy (non-hydrogen) atoms. The van der Waals surface area contributed by atoms with Crippen molar-refractivity contribution in [3.05, 3.63) is 47.7 Å². The third-order valence-corrected chi connectivity index (χ3v) is 2.69. The normalized spacial score (nSPS) is 12.7. The van der Waals surface area contributed by atoms with Crippen molar-refractivity contribution in [1.29, 1.82) is 0 Å². The fourth-order valence-electron chi connectivity index (χ4n) is 1.83. The van der Waals surface area contributed by atoms with Gasteiger partial charge >= 0.3 is 0 Å². The Balaban J connectivity index is 1.83. The van der Waals surface area contributed by atoms with Gasteiger partial charge in [0.1, 0.15) is 5.82 Å². The summed E-state index contributed by atoms with van der Waals surface area (Å²) in [7, 11) is 0. The van der Waals surface area contributed by atoms with Gasteiger partial charge in [-0.05, 0) is 35.7 Å². The predicted octanol–water partition coefficient (Wildman–Crippen LogP) is 1.98. The first kappa shape index (κ1) is 9.96. The Kier molecular flexibility index (Phi) is 2.33. The number of nitrogens with zero attached hydrogens (tertiary/aromatic N) is 1. The number of benzene rings is 1. The first-order valence-corrected chi connectivity index (χ1v) is 5.40. The van der Waals surface area contributed by atoms with E-state index in [9.17, 15) is 0 Å². The van der Waals surface area contributed by atoms with E-state index in [4.69, 9.17) is 15.2 Å². The zero-order chi connectivity index (χ0) is 11.7. The van der Waals surface area contributed by atoms with Crippen LogP contribution in [0.3, 0.4) is 0 Å². The van der Waals surface area contributed by atoms with Gasteiger partial charge in [0.25, 0.3) is 0 Å². The molecule has 2 N–H and O–H groups in total. The van der Waals surface area contributed by atoms with E-state index >= 15 is 0 Å². The van der Waals surface area contributed by atoms with Gasteiger partial charge in [-0.25, -0.2) is 4.98 Å². The highest BCUT2D eigenvalue weighted by Crippen LogP contribution is 2.32. The van der Waals surface area contributed by atoms with E-state index in [1.54, 1.807) is 6.20 Å². The van der Waals surface area contributed by atoms with E-state index in [1.807, 2.05) is 30.3 Å². The van der Waals surface area contributed by atoms with Gasteiger partial charge in [0.05, 0.1) is 0 Å². The third-order valence-electron chi connectivity index (χ3n) is 2.69. The lowest BCUT2D eigenvalue weighted by Gasteiger charge is -2.03. The molecule has 0 bridgehead atoms. The molecule has 1 aliphatic heterocycles. The number of pyridine rings is 1. The van der Waals surface area contributed by atoms with Crippen LogP contribution in [0.4, 0.5) is 5.82 Å². The molecule has 0 atom stereocenters. The van der Waals surface area contributed by atoms with Crippen molar-refractivity contribution in [1.82, 2.24) is 4.98 Å². The average Bonchev–Trinajstić information content (AvgIpc) is 2.79. The Labute approximate surface area is 99.0 Å². The van der Waals surface area contributed by atoms with Gasteiger partial charge in [-0.2, -0.15) is 0 Å². The monoisotopic (exact) mass is 228 g/mol. The van der Waals surface area contributed by atoms with Crippen molar-refractivity contribution in [3.8, 4) is 11.5 Å². The van der Waals surface area contributed by atoms with Gasteiger partial charge in [-0.15, -0.1) is 0 Å². The number of aromatic nitrogens is 1. The largest absolute Gasteiger partial charge is 0.454 e. The second kappa shape index (κ2) is 3.97. The van der Waals surface area contributed by atoms with Crippen molar-refractivity contribution in [3.63, 3.8) is 0 Å². The molecule has 0 radical (unpaired) electrons. The van der Waals surface area contributed by atoms with Gasteiger partial charge < -0.3 is 15.2 Å². The van der Waals surface area contributed by atoms with Crippen LogP contribution in [-0.4, -0.2) is 11.8 Å². The summed E-state index contributed by atoms with van der Waals surface area (Å²) >= 11 is 0. The fraction of sp³-hybridized carbons (Fsp3) is 0.154. The van der Waals surface area contributed by atoms with Gasteiger partial charge in [0.2, 0.25) is 6.79 Å². The lowest BCUT2D eigenvalue weighted by atomic mass is 10.1. The number of rotatable bonds is 2. The van der Waals surface area contributed by atoms with Crippen LogP contribution in [0, 0.1) is 0 Å². The van der Waals surface area contributed by atoms with Crippen LogP contribution in [0.2, 0.25) is 0 Å². The van der Waals surface area contributed by atoms with Crippen LogP contribution in [0.5, 0.6) is 11.5 Å². The molecule has 4 heteroatoms. The average molecular weight is 228 g/mol. The first-order valence-electron chi connectivity index (χ1n) is 5.40. The zero-order valence-corrected chi connectivity index (χ0v) is 9.22. The van der Waals surface area contributed by atoms with E-state index in [1.165, 1.54) is 5.56 Å². The molecular formula is C13H12N2O2. The highest BCUT2D eigenvalue weighted by atomic mass is 16.7. The van der Waals surface area contributed by atoms with Crippen molar-refractivity contribution in [2.75, 3.05) is 12.5 Å². The predicted molar refractivity (Wildman–Crippen MR) is 64.0 cm³/mol. The maximum absolute atomic E-state index is 5.55. The summed E-state index contributed by atoms with van der Waals surface area (Å²) in [5.41, 5.74) is 7.84. The summed E-state index contributed by atoms with van der Waals surface area (Å²) in [6, 6.07) is 9.75. The smallest absolute Gasteiger partial charge is 0.231 e. The standard InChI is InChI=1S/C13H12N2O2/c14-13-4-2-10(7-15-13)5-9-1-3-11-12(6-9)17-8-16-11/h1-4,6-7H,5,8H2,(H2,14,15). The molecule has 0 saturated heterocycles. The lowest BCUT2D eigenvalue weighted by Crippen LogP contribution is -1.93. The molecule has 2 heterocycles. The van der Waals surface area contributed by atoms with Gasteiger partial charge in [0.15, 0.2) is 11.5 Å². The number of nitrogen functional groups attached to an aromatic ring is 1. The van der Waals surface area contributed by atoms with Crippen LogP contribution in [-0.2, 0) is 6.42 Å². The SMILES string of the molecule is Nc1ccc(Cc2ccc3c(c2)OCO3)cn1. The second-order valence-electron chi connectivity index (χ2n) is 3.96. The summed E-state index contributed by atoms with van der Waals surface area (Å²) in [5, 5.41) is 0. The van der Waals surface area contributed by atoms with Crippen LogP contribution in [0.15, 0.2) is 36.5 Å². The molecule has 1 aliphatic rings. The lowest BCUT2D eigenvalue weighted by molar-refractivity contribution is 0.174. The maximum Gasteiger partial charge on any atom is 0.231 e. The summed E-state index contributed by atoms with van der Waals surface area (Å²) < 4.78 is 10.6. The minimum atomic E-state index is 0.308. The van der Waals surface area contributed by atoms with E-state index < -0.39 is 0 Å². The maximum atomic E-state index is 5.55. The molecule has 1 aromatic carbocycles. The Bertz CT molecular complexity index is 538. The topological polar surface area (TPSA) is 57.4 Å². The van der Waals surface area contributed by atoms with Crippen molar-refractivity contribution < 1.29 is 9.47 Å². The molecule has 0 unspecified atom stereocenters. The zero-order valence-electron chi connectivity index (χ0n) is 9.22. The van der Waals surface area contributed by atoms with Crippen LogP contribution < -0.4 is 15.2 Å². The quantitative estimate of drug-likeness (QED) is 0.853. The molecule has 4 nitrogen and oxygen atoms in total. The molecule has 86 valence electrons. The Morgan fingerprint density at radius 1 is 1.06 bits per heavy atom. The third kappa shape index (κ3) is 2.01. The number of hydrogen-bond donors (Lipinski definition) is 1. The van der Waals surface area contributed by atoms with E-state index in [0.29, 0.717) is 12.6 Å². The molecule has 3 rings (SSSR count). The van der Waals surface area contributed by atoms with Crippen molar-refractivity contribution >= 4 is 5.82 Å². The van der Waals surface area contributed by atoms with Crippen LogP contribution in [0.1, 0.15) is 11.1 Å². The van der Waals surface area contributed by atoms with Crippen LogP contribution >= 0.6 is 0 Å². The number of hydrogen-bond acceptors (Lipinski definition) is 4. The molecular weight excluding hydrogens is 216 g/mol. The van der Waals surface area contributed by atoms with Crippen molar-refractivity contribution in [2.45, 2.75) is 6.42 Å². The van der Waals surface area contributed by atoms with Gasteiger partial charge in [-0.1, -0.05) is 12.1 Å². The number of anilines is 1. The molecule has 0 fully saturated rings. The molecule has 0 amide bonds. The fourth-order valence-corrected chi connectivity index (χ4v) is 1.83. The Hall–Kier alpha value is -2.23. The van der Waals surface area contributed by atoms with Gasteiger partial charge in [0, 0.05) is 6.20 Å². The van der Waals surface area contributed by atoms with Gasteiger partial charge in [-0.3, -0.25) is 0 Å². The number of nitrogens with two attached hydrogens (primary N) is 1. The summed E-state index contributed by atoms with van der Waals surface area (Å²) in [6.45, 7) is 0.308. The summed E-state index contributed by atoms with van der Waals surface area (Å²) in [4.78, 5) is 4.07. The number of ether oxygens (including phenoxy) is 2. The highest BCUT2D eigenvalue weighted by Gasteiger charge is 2.13. The molecule has 0 aliphatic carbocycles. The summed E-state index contributed by atoms with van der Waals surface area (Å²) in [5.74, 6) is 2.16. The summed E-state index contributed by atoms with van der Waals surface area (Å²) in [6.07, 6.45) is 2.60. The van der Waals surface area contributed by atoms with Crippen molar-refractivity contribution in [2.24, 2.45) is 0 Å². The Morgan fingerprint density at radius 2 is 1.88 bits per heavy atom. The van der Waals surface area contributed by atoms with Crippen LogP contribution in [0.25, 0.3) is 0 Å². The van der Waals surface area contributed by atoms with E-state index in [2.05, 4.69) is 4.98 Å². The highest BCUT2D eigenvalue weighted by molar-refractivity contribution is 5.45. The number of fused-ring (bicyclic) bond motifs is 1. The molecule has 0 spiro atoms. The minimum absolute atomic E-state index is 0.308. The van der Waals surface area contributed by atoms with E-state index in [-0.39, 0.29) is 0 Å².